The molecule has 2 aromatic heterocycles. The predicted molar refractivity (Wildman–Crippen MR) is 133 cm³/mol. The zero-order chi connectivity index (χ0) is 24.1. The topological polar surface area (TPSA) is 72.6 Å². The van der Waals surface area contributed by atoms with Crippen molar-refractivity contribution in [2.24, 2.45) is 0 Å². The molecule has 0 aliphatic carbocycles. The molecule has 0 radical (unpaired) electrons. The summed E-state index contributed by atoms with van der Waals surface area (Å²) in [7, 11) is 0. The Morgan fingerprint density at radius 3 is 2.80 bits per heavy atom. The van der Waals surface area contributed by atoms with E-state index in [0.717, 1.165) is 6.42 Å². The van der Waals surface area contributed by atoms with Gasteiger partial charge in [-0.15, -0.1) is 0 Å². The van der Waals surface area contributed by atoms with E-state index in [2.05, 4.69) is 4.98 Å². The number of anilines is 1. The first-order valence-corrected chi connectivity index (χ1v) is 12.0. The minimum absolute atomic E-state index is 0.0102. The molecule has 0 spiro atoms. The van der Waals surface area contributed by atoms with Crippen LogP contribution in [0.15, 0.2) is 75.9 Å². The van der Waals surface area contributed by atoms with Crippen LogP contribution in [0, 0.1) is 5.82 Å². The van der Waals surface area contributed by atoms with Crippen molar-refractivity contribution in [2.45, 2.75) is 19.4 Å². The van der Waals surface area contributed by atoms with Crippen molar-refractivity contribution < 1.29 is 18.3 Å². The lowest BCUT2D eigenvalue weighted by Gasteiger charge is -2.23. The molecule has 0 bridgehead atoms. The number of halogens is 1. The molecular weight excluding hydrogens is 467 g/mol. The summed E-state index contributed by atoms with van der Waals surface area (Å²) in [4.78, 5) is 33.5. The highest BCUT2D eigenvalue weighted by Gasteiger charge is 2.45. The van der Waals surface area contributed by atoms with Crippen LogP contribution in [0.5, 0.6) is 5.75 Å². The quantitative estimate of drug-likeness (QED) is 0.301. The van der Waals surface area contributed by atoms with E-state index < -0.39 is 11.9 Å². The number of amides is 1. The monoisotopic (exact) mass is 486 g/mol. The number of nitrogens with zero attached hydrogens (tertiary/aromatic N) is 2. The molecule has 8 heteroatoms. The average Bonchev–Trinajstić information content (AvgIpc) is 3.41. The normalized spacial score (nSPS) is 15.2. The fraction of sp³-hybridized carbons (Fsp3) is 0.148. The molecule has 6 nitrogen and oxygen atoms in total. The van der Waals surface area contributed by atoms with Crippen molar-refractivity contribution in [3.8, 4) is 5.75 Å². The Balaban J connectivity index is 1.59. The van der Waals surface area contributed by atoms with Crippen LogP contribution in [0.1, 0.15) is 41.1 Å². The number of carbonyl (C=O) groups excluding carboxylic acids is 1. The fourth-order valence-electron chi connectivity index (χ4n) is 4.42. The molecule has 0 unspecified atom stereocenters. The number of benzene rings is 3. The summed E-state index contributed by atoms with van der Waals surface area (Å²) >= 11 is 1.19. The van der Waals surface area contributed by atoms with Gasteiger partial charge in [0.2, 0.25) is 5.76 Å². The van der Waals surface area contributed by atoms with Gasteiger partial charge >= 0.3 is 0 Å². The van der Waals surface area contributed by atoms with Gasteiger partial charge in [-0.25, -0.2) is 9.37 Å². The predicted octanol–water partition coefficient (Wildman–Crippen LogP) is 6.08. The first-order chi connectivity index (χ1) is 17.0. The van der Waals surface area contributed by atoms with Gasteiger partial charge in [-0.2, -0.15) is 0 Å². The number of para-hydroxylation sites is 1. The van der Waals surface area contributed by atoms with E-state index in [0.29, 0.717) is 44.2 Å². The highest BCUT2D eigenvalue weighted by molar-refractivity contribution is 7.22. The molecule has 3 aromatic carbocycles. The molecule has 1 aliphatic heterocycles. The van der Waals surface area contributed by atoms with E-state index in [9.17, 15) is 14.0 Å². The zero-order valence-electron chi connectivity index (χ0n) is 18.7. The minimum atomic E-state index is -0.769. The Morgan fingerprint density at radius 1 is 1.09 bits per heavy atom. The van der Waals surface area contributed by atoms with Gasteiger partial charge in [0.15, 0.2) is 10.6 Å². The number of hydrogen-bond acceptors (Lipinski definition) is 6. The second kappa shape index (κ2) is 8.32. The largest absolute Gasteiger partial charge is 0.494 e. The number of thiazole rings is 1. The van der Waals surface area contributed by atoms with Gasteiger partial charge in [-0.1, -0.05) is 42.5 Å². The summed E-state index contributed by atoms with van der Waals surface area (Å²) < 4.78 is 26.2. The number of hydrogen-bond donors (Lipinski definition) is 0. The van der Waals surface area contributed by atoms with Crippen LogP contribution >= 0.6 is 11.3 Å². The van der Waals surface area contributed by atoms with Gasteiger partial charge < -0.3 is 9.15 Å². The van der Waals surface area contributed by atoms with Crippen molar-refractivity contribution in [3.63, 3.8) is 0 Å². The first kappa shape index (κ1) is 21.5. The summed E-state index contributed by atoms with van der Waals surface area (Å²) in [6, 6.07) is 17.7. The molecule has 1 amide bonds. The van der Waals surface area contributed by atoms with Crippen LogP contribution in [0.3, 0.4) is 0 Å². The molecule has 0 saturated carbocycles. The van der Waals surface area contributed by atoms with Crippen molar-refractivity contribution in [3.05, 3.63) is 99.7 Å². The van der Waals surface area contributed by atoms with Gasteiger partial charge in [0.25, 0.3) is 5.91 Å². The smallest absolute Gasteiger partial charge is 0.297 e. The maximum absolute atomic E-state index is 13.8. The van der Waals surface area contributed by atoms with Crippen LogP contribution < -0.4 is 15.1 Å². The fourth-order valence-corrected chi connectivity index (χ4v) is 5.43. The van der Waals surface area contributed by atoms with Crippen LogP contribution in [0.2, 0.25) is 0 Å². The third kappa shape index (κ3) is 3.49. The van der Waals surface area contributed by atoms with Crippen molar-refractivity contribution in [1.29, 1.82) is 0 Å². The zero-order valence-corrected chi connectivity index (χ0v) is 19.5. The van der Waals surface area contributed by atoms with Crippen molar-refractivity contribution in [2.75, 3.05) is 11.5 Å². The van der Waals surface area contributed by atoms with E-state index in [4.69, 9.17) is 9.15 Å². The summed E-state index contributed by atoms with van der Waals surface area (Å²) in [5.41, 5.74) is 1.59. The van der Waals surface area contributed by atoms with Gasteiger partial charge in [0, 0.05) is 0 Å². The van der Waals surface area contributed by atoms with Gasteiger partial charge in [-0.3, -0.25) is 14.5 Å². The Kier molecular flexibility index (Phi) is 5.11. The lowest BCUT2D eigenvalue weighted by molar-refractivity contribution is 0.0971. The number of fused-ring (bicyclic) bond motifs is 3. The molecule has 1 aliphatic rings. The molecule has 35 heavy (non-hydrogen) atoms. The highest BCUT2D eigenvalue weighted by atomic mass is 32.1. The van der Waals surface area contributed by atoms with Crippen molar-refractivity contribution in [1.82, 2.24) is 4.98 Å². The third-order valence-electron chi connectivity index (χ3n) is 5.97. The Morgan fingerprint density at radius 2 is 1.94 bits per heavy atom. The Labute approximate surface area is 203 Å². The van der Waals surface area contributed by atoms with Gasteiger partial charge in [0.1, 0.15) is 17.1 Å². The lowest BCUT2D eigenvalue weighted by atomic mass is 9.98. The number of ether oxygens (including phenoxy) is 1. The highest BCUT2D eigenvalue weighted by Crippen LogP contribution is 2.44. The second-order valence-corrected chi connectivity index (χ2v) is 9.29. The molecule has 0 N–H and O–H groups in total. The summed E-state index contributed by atoms with van der Waals surface area (Å²) in [5, 5.41) is 0.756. The number of aromatic nitrogens is 1. The van der Waals surface area contributed by atoms with Crippen LogP contribution in [0.4, 0.5) is 9.52 Å². The maximum atomic E-state index is 13.8. The average molecular weight is 487 g/mol. The van der Waals surface area contributed by atoms with E-state index in [1.807, 2.05) is 31.2 Å². The number of carbonyl (C=O) groups is 1. The third-order valence-corrected chi connectivity index (χ3v) is 6.99. The summed E-state index contributed by atoms with van der Waals surface area (Å²) in [5.74, 6) is -0.220. The lowest BCUT2D eigenvalue weighted by Crippen LogP contribution is -2.29. The SMILES string of the molecule is CCCOc1cccc([C@@H]2c3c(oc4ccccc4c3=O)C(=O)N2c2nc3ccc(F)cc3s2)c1. The molecular formula is C27H19FN2O4S. The van der Waals surface area contributed by atoms with E-state index in [1.165, 1.54) is 28.4 Å². The molecule has 6 rings (SSSR count). The molecule has 1 atom stereocenters. The van der Waals surface area contributed by atoms with E-state index in [-0.39, 0.29) is 22.6 Å². The van der Waals surface area contributed by atoms with E-state index in [1.54, 1.807) is 30.3 Å². The summed E-state index contributed by atoms with van der Waals surface area (Å²) in [6.45, 7) is 2.56. The minimum Gasteiger partial charge on any atom is -0.494 e. The molecule has 0 saturated heterocycles. The van der Waals surface area contributed by atoms with Gasteiger partial charge in [-0.05, 0) is 54.4 Å². The van der Waals surface area contributed by atoms with Crippen molar-refractivity contribution >= 4 is 43.6 Å². The Bertz CT molecular complexity index is 1680. The standard InChI is InChI=1S/C27H19FN2O4S/c1-2-12-33-17-7-5-6-15(13-17)23-22-24(31)18-8-3-4-9-20(18)34-25(22)26(32)30(23)27-29-19-11-10-16(28)14-21(19)35-27/h3-11,13-14,23H,2,12H2,1H3/t23-/m1/s1. The van der Waals surface area contributed by atoms with E-state index >= 15 is 0 Å². The van der Waals surface area contributed by atoms with Crippen LogP contribution in [0.25, 0.3) is 21.2 Å². The molecule has 5 aromatic rings. The Hall–Kier alpha value is -4.04. The molecule has 0 fully saturated rings. The second-order valence-electron chi connectivity index (χ2n) is 8.28. The summed E-state index contributed by atoms with van der Waals surface area (Å²) in [6.07, 6.45) is 0.846. The maximum Gasteiger partial charge on any atom is 0.297 e. The molecule has 3 heterocycles. The van der Waals surface area contributed by atoms with Crippen LogP contribution in [-0.2, 0) is 0 Å². The molecule has 174 valence electrons. The van der Waals surface area contributed by atoms with Crippen LogP contribution in [-0.4, -0.2) is 17.5 Å². The van der Waals surface area contributed by atoms with Gasteiger partial charge in [0.05, 0.1) is 33.8 Å². The number of rotatable bonds is 5. The first-order valence-electron chi connectivity index (χ1n) is 11.2.